The number of nitrogens with zero attached hydrogens (tertiary/aromatic N) is 2. The van der Waals surface area contributed by atoms with Crippen LogP contribution in [-0.4, -0.2) is 25.1 Å². The fourth-order valence-electron chi connectivity index (χ4n) is 2.02. The maximum absolute atomic E-state index is 4.24. The Morgan fingerprint density at radius 2 is 2.17 bits per heavy atom. The standard InChI is InChI=1S/C15H27N3/c1-5-8-16-10-14-11-17-9-7-15(14)18(4)12-13(3)6-2/h7,9,11,13,16H,5-6,8,10,12H2,1-4H3. The maximum atomic E-state index is 4.24. The molecular weight excluding hydrogens is 222 g/mol. The summed E-state index contributed by atoms with van der Waals surface area (Å²) < 4.78 is 0. The molecule has 1 heterocycles. The van der Waals surface area contributed by atoms with Crippen LogP contribution in [0, 0.1) is 5.92 Å². The van der Waals surface area contributed by atoms with Gasteiger partial charge < -0.3 is 10.2 Å². The predicted molar refractivity (Wildman–Crippen MR) is 79.0 cm³/mol. The van der Waals surface area contributed by atoms with E-state index in [4.69, 9.17) is 0 Å². The van der Waals surface area contributed by atoms with E-state index in [9.17, 15) is 0 Å². The van der Waals surface area contributed by atoms with Crippen molar-refractivity contribution in [2.45, 2.75) is 40.2 Å². The van der Waals surface area contributed by atoms with Gasteiger partial charge in [-0.2, -0.15) is 0 Å². The van der Waals surface area contributed by atoms with Crippen LogP contribution in [0.2, 0.25) is 0 Å². The Labute approximate surface area is 112 Å². The van der Waals surface area contributed by atoms with Crippen LogP contribution in [0.5, 0.6) is 0 Å². The van der Waals surface area contributed by atoms with Crippen molar-refractivity contribution in [3.8, 4) is 0 Å². The van der Waals surface area contributed by atoms with Gasteiger partial charge >= 0.3 is 0 Å². The van der Waals surface area contributed by atoms with Crippen LogP contribution in [0.25, 0.3) is 0 Å². The Kier molecular flexibility index (Phi) is 6.73. The molecule has 18 heavy (non-hydrogen) atoms. The van der Waals surface area contributed by atoms with Crippen molar-refractivity contribution in [1.29, 1.82) is 0 Å². The second-order valence-corrected chi connectivity index (χ2v) is 5.08. The summed E-state index contributed by atoms with van der Waals surface area (Å²) >= 11 is 0. The molecule has 0 bridgehead atoms. The molecule has 1 aromatic rings. The van der Waals surface area contributed by atoms with Gasteiger partial charge in [-0.3, -0.25) is 4.98 Å². The molecular formula is C15H27N3. The number of rotatable bonds is 8. The molecule has 1 atom stereocenters. The van der Waals surface area contributed by atoms with Crippen molar-refractivity contribution in [3.63, 3.8) is 0 Å². The van der Waals surface area contributed by atoms with Crippen LogP contribution >= 0.6 is 0 Å². The molecule has 0 saturated carbocycles. The van der Waals surface area contributed by atoms with Crippen molar-refractivity contribution in [2.24, 2.45) is 5.92 Å². The summed E-state index contributed by atoms with van der Waals surface area (Å²) in [5.74, 6) is 0.722. The average Bonchev–Trinajstić information content (AvgIpc) is 2.39. The van der Waals surface area contributed by atoms with Crippen LogP contribution in [0.1, 0.15) is 39.2 Å². The summed E-state index contributed by atoms with van der Waals surface area (Å²) in [6, 6.07) is 2.12. The number of nitrogens with one attached hydrogen (secondary N) is 1. The van der Waals surface area contributed by atoms with E-state index in [1.807, 2.05) is 12.4 Å². The van der Waals surface area contributed by atoms with E-state index in [1.165, 1.54) is 17.7 Å². The third-order valence-electron chi connectivity index (χ3n) is 3.31. The number of hydrogen-bond acceptors (Lipinski definition) is 3. The van der Waals surface area contributed by atoms with Crippen molar-refractivity contribution in [1.82, 2.24) is 10.3 Å². The Balaban J connectivity index is 2.68. The zero-order valence-electron chi connectivity index (χ0n) is 12.2. The molecule has 0 aliphatic rings. The molecule has 0 radical (unpaired) electrons. The van der Waals surface area contributed by atoms with Gasteiger partial charge in [0.05, 0.1) is 0 Å². The summed E-state index contributed by atoms with van der Waals surface area (Å²) in [5.41, 5.74) is 2.59. The van der Waals surface area contributed by atoms with Crippen molar-refractivity contribution in [3.05, 3.63) is 24.0 Å². The lowest BCUT2D eigenvalue weighted by molar-refractivity contribution is 0.558. The fraction of sp³-hybridized carbons (Fsp3) is 0.667. The lowest BCUT2D eigenvalue weighted by atomic mass is 10.1. The molecule has 1 unspecified atom stereocenters. The van der Waals surface area contributed by atoms with Crippen LogP contribution in [-0.2, 0) is 6.54 Å². The van der Waals surface area contributed by atoms with Gasteiger partial charge in [0.2, 0.25) is 0 Å². The molecule has 1 aromatic heterocycles. The topological polar surface area (TPSA) is 28.2 Å². The smallest absolute Gasteiger partial charge is 0.0440 e. The van der Waals surface area contributed by atoms with Crippen molar-refractivity contribution in [2.75, 3.05) is 25.0 Å². The van der Waals surface area contributed by atoms with Crippen molar-refractivity contribution >= 4 is 5.69 Å². The molecule has 0 amide bonds. The van der Waals surface area contributed by atoms with Gasteiger partial charge in [0.15, 0.2) is 0 Å². The van der Waals surface area contributed by atoms with Crippen LogP contribution in [0.3, 0.4) is 0 Å². The molecule has 0 aliphatic carbocycles. The zero-order valence-corrected chi connectivity index (χ0v) is 12.2. The highest BCUT2D eigenvalue weighted by Crippen LogP contribution is 2.19. The van der Waals surface area contributed by atoms with E-state index >= 15 is 0 Å². The SMILES string of the molecule is CCCNCc1cnccc1N(C)CC(C)CC. The first kappa shape index (κ1) is 15.0. The Hall–Kier alpha value is -1.09. The van der Waals surface area contributed by atoms with E-state index in [-0.39, 0.29) is 0 Å². The molecule has 0 fully saturated rings. The third kappa shape index (κ3) is 4.65. The maximum Gasteiger partial charge on any atom is 0.0440 e. The molecule has 1 rings (SSSR count). The van der Waals surface area contributed by atoms with Gasteiger partial charge in [-0.15, -0.1) is 0 Å². The van der Waals surface area contributed by atoms with Crippen LogP contribution in [0.4, 0.5) is 5.69 Å². The minimum absolute atomic E-state index is 0.722. The zero-order chi connectivity index (χ0) is 13.4. The summed E-state index contributed by atoms with van der Waals surface area (Å²) in [6.07, 6.45) is 6.24. The molecule has 0 aliphatic heterocycles. The summed E-state index contributed by atoms with van der Waals surface area (Å²) in [7, 11) is 2.17. The first-order valence-corrected chi connectivity index (χ1v) is 7.03. The first-order valence-electron chi connectivity index (χ1n) is 7.03. The van der Waals surface area contributed by atoms with Gasteiger partial charge in [-0.1, -0.05) is 27.2 Å². The van der Waals surface area contributed by atoms with Crippen molar-refractivity contribution < 1.29 is 0 Å². The van der Waals surface area contributed by atoms with E-state index in [1.54, 1.807) is 0 Å². The lowest BCUT2D eigenvalue weighted by Crippen LogP contribution is -2.26. The Bertz CT molecular complexity index is 338. The molecule has 3 nitrogen and oxygen atoms in total. The molecule has 1 N–H and O–H groups in total. The molecule has 102 valence electrons. The quantitative estimate of drug-likeness (QED) is 0.718. The largest absolute Gasteiger partial charge is 0.374 e. The average molecular weight is 249 g/mol. The monoisotopic (exact) mass is 249 g/mol. The lowest BCUT2D eigenvalue weighted by Gasteiger charge is -2.25. The predicted octanol–water partition coefficient (Wildman–Crippen LogP) is 3.06. The number of aromatic nitrogens is 1. The highest BCUT2D eigenvalue weighted by molar-refractivity contribution is 5.51. The van der Waals surface area contributed by atoms with Crippen LogP contribution in [0.15, 0.2) is 18.5 Å². The molecule has 0 saturated heterocycles. The van der Waals surface area contributed by atoms with Gasteiger partial charge in [-0.25, -0.2) is 0 Å². The Morgan fingerprint density at radius 3 is 2.83 bits per heavy atom. The summed E-state index contributed by atoms with van der Waals surface area (Å²) in [4.78, 5) is 6.59. The highest BCUT2D eigenvalue weighted by atomic mass is 15.1. The minimum atomic E-state index is 0.722. The van der Waals surface area contributed by atoms with Crippen LogP contribution < -0.4 is 10.2 Å². The minimum Gasteiger partial charge on any atom is -0.374 e. The van der Waals surface area contributed by atoms with Gasteiger partial charge in [0, 0.05) is 43.8 Å². The number of hydrogen-bond donors (Lipinski definition) is 1. The van der Waals surface area contributed by atoms with E-state index in [2.05, 4.69) is 49.1 Å². The van der Waals surface area contributed by atoms with E-state index < -0.39 is 0 Å². The fourth-order valence-corrected chi connectivity index (χ4v) is 2.02. The van der Waals surface area contributed by atoms with Gasteiger partial charge in [0.25, 0.3) is 0 Å². The second kappa shape index (κ2) is 8.09. The normalized spacial score (nSPS) is 12.4. The highest BCUT2D eigenvalue weighted by Gasteiger charge is 2.09. The van der Waals surface area contributed by atoms with Gasteiger partial charge in [-0.05, 0) is 24.9 Å². The number of anilines is 1. The summed E-state index contributed by atoms with van der Waals surface area (Å²) in [5, 5.41) is 3.45. The molecule has 0 aromatic carbocycles. The van der Waals surface area contributed by atoms with E-state index in [0.717, 1.165) is 32.0 Å². The number of pyridine rings is 1. The molecule has 0 spiro atoms. The molecule has 3 heteroatoms. The third-order valence-corrected chi connectivity index (χ3v) is 3.31. The van der Waals surface area contributed by atoms with E-state index in [0.29, 0.717) is 0 Å². The Morgan fingerprint density at radius 1 is 1.39 bits per heavy atom. The summed E-state index contributed by atoms with van der Waals surface area (Å²) in [6.45, 7) is 9.79. The second-order valence-electron chi connectivity index (χ2n) is 5.08. The van der Waals surface area contributed by atoms with Gasteiger partial charge in [0.1, 0.15) is 0 Å². The first-order chi connectivity index (χ1) is 8.69.